The Labute approximate surface area is 82.1 Å². The zero-order valence-electron chi connectivity index (χ0n) is 8.06. The molecular weight excluding hydrogens is 182 g/mol. The maximum absolute atomic E-state index is 11.8. The monoisotopic (exact) mass is 195 g/mol. The second kappa shape index (κ2) is 3.89. The van der Waals surface area contributed by atoms with Crippen LogP contribution in [0.15, 0.2) is 12.5 Å². The molecule has 1 aliphatic heterocycles. The molecule has 0 aromatic carbocycles. The van der Waals surface area contributed by atoms with E-state index in [0.717, 1.165) is 6.54 Å². The largest absolute Gasteiger partial charge is 0.378 e. The van der Waals surface area contributed by atoms with E-state index in [4.69, 9.17) is 4.74 Å². The summed E-state index contributed by atoms with van der Waals surface area (Å²) in [6.45, 7) is 1.84. The van der Waals surface area contributed by atoms with E-state index in [0.29, 0.717) is 18.9 Å². The van der Waals surface area contributed by atoms with Crippen molar-refractivity contribution >= 4 is 5.78 Å². The molecule has 5 nitrogen and oxygen atoms in total. The number of hydrogen-bond acceptors (Lipinski definition) is 4. The highest BCUT2D eigenvalue weighted by Gasteiger charge is 2.23. The van der Waals surface area contributed by atoms with Gasteiger partial charge in [0, 0.05) is 19.8 Å². The molecule has 5 heteroatoms. The molecule has 2 heterocycles. The van der Waals surface area contributed by atoms with Gasteiger partial charge in [-0.2, -0.15) is 0 Å². The summed E-state index contributed by atoms with van der Waals surface area (Å²) in [5.41, 5.74) is 0.496. The lowest BCUT2D eigenvalue weighted by molar-refractivity contribution is 0.0604. The Morgan fingerprint density at radius 3 is 3.21 bits per heavy atom. The number of morpholine rings is 1. The highest BCUT2D eigenvalue weighted by atomic mass is 16.5. The Hall–Kier alpha value is -1.20. The lowest BCUT2D eigenvalue weighted by Crippen LogP contribution is -2.46. The lowest BCUT2D eigenvalue weighted by Gasteiger charge is -2.21. The van der Waals surface area contributed by atoms with Crippen molar-refractivity contribution in [2.75, 3.05) is 19.8 Å². The minimum absolute atomic E-state index is 0.00491. The highest BCUT2D eigenvalue weighted by Crippen LogP contribution is 2.03. The first-order valence-electron chi connectivity index (χ1n) is 4.60. The van der Waals surface area contributed by atoms with Gasteiger partial charge in [-0.25, -0.2) is 4.98 Å². The molecule has 76 valence electrons. The molecule has 1 atom stereocenters. The molecule has 0 bridgehead atoms. The van der Waals surface area contributed by atoms with Gasteiger partial charge < -0.3 is 14.6 Å². The highest BCUT2D eigenvalue weighted by molar-refractivity contribution is 5.98. The van der Waals surface area contributed by atoms with Crippen LogP contribution >= 0.6 is 0 Å². The molecule has 1 fully saturated rings. The Morgan fingerprint density at radius 1 is 1.79 bits per heavy atom. The summed E-state index contributed by atoms with van der Waals surface area (Å²) >= 11 is 0. The van der Waals surface area contributed by atoms with Crippen LogP contribution in [0.3, 0.4) is 0 Å². The number of aromatic nitrogens is 2. The van der Waals surface area contributed by atoms with Crippen molar-refractivity contribution in [1.82, 2.24) is 14.9 Å². The predicted molar refractivity (Wildman–Crippen MR) is 50.1 cm³/mol. The molecule has 0 amide bonds. The van der Waals surface area contributed by atoms with Crippen LogP contribution in [0.4, 0.5) is 0 Å². The second-order valence-electron chi connectivity index (χ2n) is 3.37. The van der Waals surface area contributed by atoms with Crippen LogP contribution < -0.4 is 5.32 Å². The second-order valence-corrected chi connectivity index (χ2v) is 3.37. The minimum atomic E-state index is -0.237. The van der Waals surface area contributed by atoms with Crippen LogP contribution in [-0.4, -0.2) is 41.1 Å². The van der Waals surface area contributed by atoms with Crippen LogP contribution in [0.1, 0.15) is 10.5 Å². The molecule has 0 saturated carbocycles. The lowest BCUT2D eigenvalue weighted by atomic mass is 10.1. The van der Waals surface area contributed by atoms with Crippen LogP contribution in [-0.2, 0) is 11.8 Å². The van der Waals surface area contributed by atoms with Gasteiger partial charge in [0.2, 0.25) is 5.78 Å². The molecule has 1 saturated heterocycles. The van der Waals surface area contributed by atoms with E-state index in [-0.39, 0.29) is 11.8 Å². The quantitative estimate of drug-likeness (QED) is 0.652. The van der Waals surface area contributed by atoms with E-state index in [1.165, 1.54) is 0 Å². The van der Waals surface area contributed by atoms with Gasteiger partial charge in [-0.15, -0.1) is 0 Å². The smallest absolute Gasteiger partial charge is 0.201 e. The Morgan fingerprint density at radius 2 is 2.64 bits per heavy atom. The SMILES string of the molecule is Cn1cnc(C(=O)C2COCCN2)c1. The molecule has 1 unspecified atom stereocenters. The Bertz CT molecular complexity index is 329. The van der Waals surface area contributed by atoms with Crippen LogP contribution in [0, 0.1) is 0 Å². The van der Waals surface area contributed by atoms with Gasteiger partial charge in [-0.3, -0.25) is 4.79 Å². The molecule has 0 aliphatic carbocycles. The third-order valence-corrected chi connectivity index (χ3v) is 2.20. The van der Waals surface area contributed by atoms with E-state index < -0.39 is 0 Å². The predicted octanol–water partition coefficient (Wildman–Crippen LogP) is -0.409. The maximum Gasteiger partial charge on any atom is 0.201 e. The summed E-state index contributed by atoms with van der Waals surface area (Å²) in [7, 11) is 1.84. The van der Waals surface area contributed by atoms with Gasteiger partial charge in [0.25, 0.3) is 0 Å². The summed E-state index contributed by atoms with van der Waals surface area (Å²) < 4.78 is 6.97. The average molecular weight is 195 g/mol. The van der Waals surface area contributed by atoms with Crippen LogP contribution in [0.5, 0.6) is 0 Å². The molecule has 1 N–H and O–H groups in total. The summed E-state index contributed by atoms with van der Waals surface area (Å²) in [6, 6.07) is -0.237. The van der Waals surface area contributed by atoms with E-state index in [1.807, 2.05) is 7.05 Å². The van der Waals surface area contributed by atoms with E-state index in [9.17, 15) is 4.79 Å². The Balaban J connectivity index is 2.07. The van der Waals surface area contributed by atoms with Crippen molar-refractivity contribution < 1.29 is 9.53 Å². The fourth-order valence-corrected chi connectivity index (χ4v) is 1.45. The first-order chi connectivity index (χ1) is 6.77. The fourth-order valence-electron chi connectivity index (χ4n) is 1.45. The molecule has 0 spiro atoms. The van der Waals surface area contributed by atoms with Gasteiger partial charge >= 0.3 is 0 Å². The summed E-state index contributed by atoms with van der Waals surface area (Å²) in [5, 5.41) is 3.10. The maximum atomic E-state index is 11.8. The number of rotatable bonds is 2. The molecule has 1 aromatic heterocycles. The van der Waals surface area contributed by atoms with Crippen molar-refractivity contribution in [3.05, 3.63) is 18.2 Å². The zero-order chi connectivity index (χ0) is 9.97. The van der Waals surface area contributed by atoms with Crippen molar-refractivity contribution in [1.29, 1.82) is 0 Å². The van der Waals surface area contributed by atoms with Crippen LogP contribution in [0.25, 0.3) is 0 Å². The topological polar surface area (TPSA) is 56.2 Å². The summed E-state index contributed by atoms with van der Waals surface area (Å²) in [5.74, 6) is 0.00491. The van der Waals surface area contributed by atoms with Gasteiger partial charge in [0.05, 0.1) is 25.6 Å². The van der Waals surface area contributed by atoms with E-state index >= 15 is 0 Å². The van der Waals surface area contributed by atoms with Crippen molar-refractivity contribution in [2.45, 2.75) is 6.04 Å². The number of nitrogens with one attached hydrogen (secondary N) is 1. The van der Waals surface area contributed by atoms with Crippen LogP contribution in [0.2, 0.25) is 0 Å². The number of carbonyl (C=O) groups is 1. The normalized spacial score (nSPS) is 22.2. The van der Waals surface area contributed by atoms with E-state index in [1.54, 1.807) is 17.1 Å². The van der Waals surface area contributed by atoms with E-state index in [2.05, 4.69) is 10.3 Å². The van der Waals surface area contributed by atoms with Gasteiger partial charge in [0.15, 0.2) is 0 Å². The van der Waals surface area contributed by atoms with Crippen molar-refractivity contribution in [3.8, 4) is 0 Å². The number of imidazole rings is 1. The number of carbonyl (C=O) groups excluding carboxylic acids is 1. The number of aryl methyl sites for hydroxylation is 1. The zero-order valence-corrected chi connectivity index (χ0v) is 8.06. The van der Waals surface area contributed by atoms with Crippen molar-refractivity contribution in [3.63, 3.8) is 0 Å². The number of hydrogen-bond donors (Lipinski definition) is 1. The molecular formula is C9H13N3O2. The average Bonchev–Trinajstić information content (AvgIpc) is 2.65. The first-order valence-corrected chi connectivity index (χ1v) is 4.60. The molecule has 1 aliphatic rings. The van der Waals surface area contributed by atoms with Gasteiger partial charge in [0.1, 0.15) is 5.69 Å². The molecule has 14 heavy (non-hydrogen) atoms. The molecule has 1 aromatic rings. The molecule has 2 rings (SSSR count). The number of ether oxygens (including phenoxy) is 1. The van der Waals surface area contributed by atoms with Gasteiger partial charge in [-0.05, 0) is 0 Å². The summed E-state index contributed by atoms with van der Waals surface area (Å²) in [4.78, 5) is 15.8. The van der Waals surface area contributed by atoms with Gasteiger partial charge in [-0.1, -0.05) is 0 Å². The standard InChI is InChI=1S/C9H13N3O2/c1-12-4-7(11-6-12)9(13)8-5-14-3-2-10-8/h4,6,8,10H,2-3,5H2,1H3. The third kappa shape index (κ3) is 1.83. The fraction of sp³-hybridized carbons (Fsp3) is 0.556. The third-order valence-electron chi connectivity index (χ3n) is 2.20. The summed E-state index contributed by atoms with van der Waals surface area (Å²) in [6.07, 6.45) is 3.34. The Kier molecular flexibility index (Phi) is 2.60. The van der Waals surface area contributed by atoms with Crippen molar-refractivity contribution in [2.24, 2.45) is 7.05 Å². The molecule has 0 radical (unpaired) electrons. The minimum Gasteiger partial charge on any atom is -0.378 e. The number of ketones is 1. The number of Topliss-reactive ketones (excluding diaryl/α,β-unsaturated/α-hetero) is 1. The number of nitrogens with zero attached hydrogens (tertiary/aromatic N) is 2. The first kappa shape index (κ1) is 9.36.